The minimum absolute atomic E-state index is 0.0738. The van der Waals surface area contributed by atoms with Crippen molar-refractivity contribution in [2.75, 3.05) is 0 Å². The van der Waals surface area contributed by atoms with Gasteiger partial charge in [-0.3, -0.25) is 0 Å². The quantitative estimate of drug-likeness (QED) is 0.877. The molecule has 0 aliphatic carbocycles. The molecular weight excluding hydrogens is 296 g/mol. The molecule has 2 N–H and O–H groups in total. The van der Waals surface area contributed by atoms with E-state index in [4.69, 9.17) is 16.9 Å². The lowest BCUT2D eigenvalue weighted by atomic mass is 10.0. The summed E-state index contributed by atoms with van der Waals surface area (Å²) >= 11 is 5.86. The van der Waals surface area contributed by atoms with Gasteiger partial charge in [-0.15, -0.1) is 0 Å². The van der Waals surface area contributed by atoms with Crippen LogP contribution in [0.5, 0.6) is 0 Å². The molecule has 0 aliphatic heterocycles. The number of aliphatic hydroxyl groups is 1. The van der Waals surface area contributed by atoms with Crippen LogP contribution in [0.2, 0.25) is 5.02 Å². The van der Waals surface area contributed by atoms with E-state index in [1.165, 1.54) is 0 Å². The summed E-state index contributed by atoms with van der Waals surface area (Å²) in [5.41, 5.74) is 2.55. The highest BCUT2D eigenvalue weighted by atomic mass is 35.5. The lowest BCUT2D eigenvalue weighted by Gasteiger charge is -2.25. The molecular formula is C18H19ClN2O. The molecule has 3 atom stereocenters. The van der Waals surface area contributed by atoms with E-state index in [1.54, 1.807) is 24.3 Å². The van der Waals surface area contributed by atoms with Gasteiger partial charge >= 0.3 is 0 Å². The van der Waals surface area contributed by atoms with Gasteiger partial charge in [-0.25, -0.2) is 0 Å². The predicted molar refractivity (Wildman–Crippen MR) is 88.6 cm³/mol. The summed E-state index contributed by atoms with van der Waals surface area (Å²) in [6.45, 7) is 3.98. The Labute approximate surface area is 136 Å². The number of rotatable bonds is 5. The van der Waals surface area contributed by atoms with E-state index in [9.17, 15) is 5.11 Å². The number of hydrogen-bond donors (Lipinski definition) is 2. The van der Waals surface area contributed by atoms with Crippen molar-refractivity contribution >= 4 is 11.6 Å². The topological polar surface area (TPSA) is 56.0 Å². The average molecular weight is 315 g/mol. The Morgan fingerprint density at radius 2 is 1.55 bits per heavy atom. The molecule has 0 bridgehead atoms. The lowest BCUT2D eigenvalue weighted by Crippen LogP contribution is -2.34. The van der Waals surface area contributed by atoms with E-state index < -0.39 is 6.10 Å². The average Bonchev–Trinajstić information content (AvgIpc) is 2.54. The molecule has 3 nitrogen and oxygen atoms in total. The van der Waals surface area contributed by atoms with Gasteiger partial charge in [0.15, 0.2) is 0 Å². The molecule has 0 radical (unpaired) electrons. The standard InChI is InChI=1S/C18H19ClN2O/c1-12(15-5-3-14(11-20)4-6-15)21-13(2)18(22)16-7-9-17(19)10-8-16/h3-10,12-13,18,21-22H,1-2H3. The first-order chi connectivity index (χ1) is 10.5. The lowest BCUT2D eigenvalue weighted by molar-refractivity contribution is 0.130. The number of halogens is 1. The number of nitriles is 1. The monoisotopic (exact) mass is 314 g/mol. The molecule has 0 spiro atoms. The molecule has 0 fully saturated rings. The molecule has 0 saturated carbocycles. The summed E-state index contributed by atoms with van der Waals surface area (Å²) in [5, 5.41) is 23.3. The van der Waals surface area contributed by atoms with Crippen molar-refractivity contribution in [3.05, 3.63) is 70.2 Å². The second kappa shape index (κ2) is 7.42. The molecule has 2 rings (SSSR count). The van der Waals surface area contributed by atoms with Crippen LogP contribution in [0.3, 0.4) is 0 Å². The van der Waals surface area contributed by atoms with Gasteiger partial charge in [0.1, 0.15) is 0 Å². The molecule has 114 valence electrons. The summed E-state index contributed by atoms with van der Waals surface area (Å²) in [4.78, 5) is 0. The maximum Gasteiger partial charge on any atom is 0.0991 e. The third-order valence-electron chi connectivity index (χ3n) is 3.74. The summed E-state index contributed by atoms with van der Waals surface area (Å²) in [7, 11) is 0. The van der Waals surface area contributed by atoms with Crippen molar-refractivity contribution in [3.8, 4) is 6.07 Å². The van der Waals surface area contributed by atoms with E-state index in [1.807, 2.05) is 38.1 Å². The largest absolute Gasteiger partial charge is 0.387 e. The highest BCUT2D eigenvalue weighted by Gasteiger charge is 2.18. The van der Waals surface area contributed by atoms with Crippen molar-refractivity contribution in [2.24, 2.45) is 0 Å². The van der Waals surface area contributed by atoms with E-state index in [2.05, 4.69) is 11.4 Å². The number of aliphatic hydroxyl groups excluding tert-OH is 1. The van der Waals surface area contributed by atoms with Gasteiger partial charge < -0.3 is 10.4 Å². The molecule has 2 aromatic carbocycles. The van der Waals surface area contributed by atoms with Crippen LogP contribution in [0.15, 0.2) is 48.5 Å². The minimum Gasteiger partial charge on any atom is -0.387 e. The fraction of sp³-hybridized carbons (Fsp3) is 0.278. The van der Waals surface area contributed by atoms with E-state index in [0.29, 0.717) is 10.6 Å². The Bertz CT molecular complexity index is 646. The van der Waals surface area contributed by atoms with E-state index >= 15 is 0 Å². The molecule has 4 heteroatoms. The molecule has 3 unspecified atom stereocenters. The van der Waals surface area contributed by atoms with Crippen LogP contribution in [-0.4, -0.2) is 11.1 Å². The predicted octanol–water partition coefficient (Wildman–Crippen LogP) is 3.98. The van der Waals surface area contributed by atoms with Crippen molar-refractivity contribution in [1.82, 2.24) is 5.32 Å². The zero-order valence-corrected chi connectivity index (χ0v) is 13.4. The van der Waals surface area contributed by atoms with Crippen molar-refractivity contribution in [2.45, 2.75) is 32.0 Å². The molecule has 0 aliphatic rings. The van der Waals surface area contributed by atoms with Crippen LogP contribution < -0.4 is 5.32 Å². The van der Waals surface area contributed by atoms with Gasteiger partial charge in [-0.2, -0.15) is 5.26 Å². The summed E-state index contributed by atoms with van der Waals surface area (Å²) in [5.74, 6) is 0. The van der Waals surface area contributed by atoms with Crippen molar-refractivity contribution < 1.29 is 5.11 Å². The normalized spacial score (nSPS) is 14.9. The maximum absolute atomic E-state index is 10.4. The zero-order valence-electron chi connectivity index (χ0n) is 12.6. The zero-order chi connectivity index (χ0) is 16.1. The van der Waals surface area contributed by atoms with Crippen molar-refractivity contribution in [1.29, 1.82) is 5.26 Å². The van der Waals surface area contributed by atoms with E-state index in [0.717, 1.165) is 11.1 Å². The van der Waals surface area contributed by atoms with Crippen LogP contribution in [0.25, 0.3) is 0 Å². The Morgan fingerprint density at radius 1 is 1.00 bits per heavy atom. The third-order valence-corrected chi connectivity index (χ3v) is 3.99. The molecule has 2 aromatic rings. The first-order valence-electron chi connectivity index (χ1n) is 7.21. The fourth-order valence-electron chi connectivity index (χ4n) is 2.38. The summed E-state index contributed by atoms with van der Waals surface area (Å²) < 4.78 is 0. The second-order valence-electron chi connectivity index (χ2n) is 5.41. The van der Waals surface area contributed by atoms with Crippen LogP contribution >= 0.6 is 11.6 Å². The van der Waals surface area contributed by atoms with Crippen LogP contribution in [0.1, 0.15) is 42.7 Å². The number of nitrogens with zero attached hydrogens (tertiary/aromatic N) is 1. The van der Waals surface area contributed by atoms with E-state index in [-0.39, 0.29) is 12.1 Å². The molecule has 0 saturated heterocycles. The number of benzene rings is 2. The van der Waals surface area contributed by atoms with Gasteiger partial charge in [0.05, 0.1) is 17.7 Å². The highest BCUT2D eigenvalue weighted by Crippen LogP contribution is 2.22. The first kappa shape index (κ1) is 16.5. The molecule has 0 aromatic heterocycles. The Balaban J connectivity index is 2.02. The maximum atomic E-state index is 10.4. The van der Waals surface area contributed by atoms with Gasteiger partial charge in [-0.05, 0) is 49.2 Å². The molecule has 22 heavy (non-hydrogen) atoms. The molecule has 0 heterocycles. The third kappa shape index (κ3) is 4.08. The Kier molecular flexibility index (Phi) is 5.57. The van der Waals surface area contributed by atoms with Gasteiger partial charge in [0.2, 0.25) is 0 Å². The highest BCUT2D eigenvalue weighted by molar-refractivity contribution is 6.30. The van der Waals surface area contributed by atoms with Crippen LogP contribution in [-0.2, 0) is 0 Å². The van der Waals surface area contributed by atoms with Crippen LogP contribution in [0, 0.1) is 11.3 Å². The van der Waals surface area contributed by atoms with Gasteiger partial charge in [0, 0.05) is 17.1 Å². The van der Waals surface area contributed by atoms with Gasteiger partial charge in [0.25, 0.3) is 0 Å². The number of nitrogens with one attached hydrogen (secondary N) is 1. The van der Waals surface area contributed by atoms with Crippen molar-refractivity contribution in [3.63, 3.8) is 0 Å². The summed E-state index contributed by atoms with van der Waals surface area (Å²) in [6, 6.07) is 16.7. The SMILES string of the molecule is CC(NC(C)C(O)c1ccc(Cl)cc1)c1ccc(C#N)cc1. The second-order valence-corrected chi connectivity index (χ2v) is 5.84. The minimum atomic E-state index is -0.613. The fourth-order valence-corrected chi connectivity index (χ4v) is 2.50. The Hall–Kier alpha value is -1.86. The van der Waals surface area contributed by atoms with Crippen LogP contribution in [0.4, 0.5) is 0 Å². The smallest absolute Gasteiger partial charge is 0.0991 e. The molecule has 0 amide bonds. The summed E-state index contributed by atoms with van der Waals surface area (Å²) in [6.07, 6.45) is -0.613. The Morgan fingerprint density at radius 3 is 2.09 bits per heavy atom. The van der Waals surface area contributed by atoms with Gasteiger partial charge in [-0.1, -0.05) is 35.9 Å². The first-order valence-corrected chi connectivity index (χ1v) is 7.58. The number of hydrogen-bond acceptors (Lipinski definition) is 3.